The Balaban J connectivity index is 1.88. The van der Waals surface area contributed by atoms with Crippen molar-refractivity contribution in [3.05, 3.63) is 54.2 Å². The molecule has 148 valence electrons. The number of hydrogen-bond donors (Lipinski definition) is 1. The van der Waals surface area contributed by atoms with E-state index in [1.54, 1.807) is 23.2 Å². The summed E-state index contributed by atoms with van der Waals surface area (Å²) in [6.45, 7) is 6.19. The summed E-state index contributed by atoms with van der Waals surface area (Å²) in [5.41, 5.74) is 6.67. The first-order valence-corrected chi connectivity index (χ1v) is 9.31. The quantitative estimate of drug-likeness (QED) is 0.882. The standard InChI is InChI=1S/C21H26N4O3/c1-21(2,3)28-20(27)25-12-11-24(16-9-10-18(22)23-14-16)19(26)17(25)13-15-7-5-4-6-8-15/h4-10,14,17H,11-13H2,1-3H3,(H2,22,23). The number of nitrogens with zero attached hydrogens (tertiary/aromatic N) is 3. The SMILES string of the molecule is CC(C)(C)OC(=O)N1CCN(c2ccc(N)nc2)C(=O)C1Cc1ccccc1. The maximum Gasteiger partial charge on any atom is 0.411 e. The number of hydrogen-bond acceptors (Lipinski definition) is 5. The number of piperazine rings is 1. The van der Waals surface area contributed by atoms with Crippen molar-refractivity contribution in [1.82, 2.24) is 9.88 Å². The fourth-order valence-electron chi connectivity index (χ4n) is 3.17. The van der Waals surface area contributed by atoms with E-state index in [0.29, 0.717) is 31.0 Å². The highest BCUT2D eigenvalue weighted by molar-refractivity contribution is 6.00. The van der Waals surface area contributed by atoms with Gasteiger partial charge >= 0.3 is 6.09 Å². The monoisotopic (exact) mass is 382 g/mol. The third-order valence-corrected chi connectivity index (χ3v) is 4.47. The summed E-state index contributed by atoms with van der Waals surface area (Å²) in [5.74, 6) is 0.233. The summed E-state index contributed by atoms with van der Waals surface area (Å²) in [6.07, 6.45) is 1.52. The molecule has 0 aliphatic carbocycles. The van der Waals surface area contributed by atoms with E-state index in [4.69, 9.17) is 10.5 Å². The number of rotatable bonds is 3. The maximum atomic E-state index is 13.3. The van der Waals surface area contributed by atoms with Crippen LogP contribution in [0.25, 0.3) is 0 Å². The molecular formula is C21H26N4O3. The number of anilines is 2. The van der Waals surface area contributed by atoms with Gasteiger partial charge in [0, 0.05) is 19.5 Å². The molecule has 1 fully saturated rings. The number of nitrogen functional groups attached to an aromatic ring is 1. The van der Waals surface area contributed by atoms with Crippen molar-refractivity contribution in [2.75, 3.05) is 23.7 Å². The Morgan fingerprint density at radius 1 is 1.18 bits per heavy atom. The van der Waals surface area contributed by atoms with Gasteiger partial charge in [-0.3, -0.25) is 9.69 Å². The van der Waals surface area contributed by atoms with Crippen molar-refractivity contribution in [3.63, 3.8) is 0 Å². The Morgan fingerprint density at radius 2 is 1.89 bits per heavy atom. The minimum Gasteiger partial charge on any atom is -0.444 e. The molecule has 2 N–H and O–H groups in total. The molecule has 1 unspecified atom stereocenters. The lowest BCUT2D eigenvalue weighted by molar-refractivity contribution is -0.125. The molecule has 1 aromatic heterocycles. The van der Waals surface area contributed by atoms with Gasteiger partial charge in [0.25, 0.3) is 0 Å². The lowest BCUT2D eigenvalue weighted by Crippen LogP contribution is -2.60. The normalized spacial score (nSPS) is 17.5. The number of carbonyl (C=O) groups is 2. The van der Waals surface area contributed by atoms with Gasteiger partial charge in [-0.25, -0.2) is 9.78 Å². The summed E-state index contributed by atoms with van der Waals surface area (Å²) < 4.78 is 5.54. The number of carbonyl (C=O) groups excluding carboxylic acids is 2. The van der Waals surface area contributed by atoms with Crippen LogP contribution in [0.1, 0.15) is 26.3 Å². The molecule has 1 aliphatic rings. The molecule has 28 heavy (non-hydrogen) atoms. The molecule has 2 heterocycles. The fraction of sp³-hybridized carbons (Fsp3) is 0.381. The van der Waals surface area contributed by atoms with E-state index in [9.17, 15) is 9.59 Å². The van der Waals surface area contributed by atoms with Crippen LogP contribution in [-0.2, 0) is 16.0 Å². The smallest absolute Gasteiger partial charge is 0.411 e. The number of pyridine rings is 1. The first kappa shape index (κ1) is 19.7. The minimum absolute atomic E-state index is 0.160. The third-order valence-electron chi connectivity index (χ3n) is 4.47. The second kappa shape index (κ2) is 7.88. The zero-order valence-corrected chi connectivity index (χ0v) is 16.5. The van der Waals surface area contributed by atoms with E-state index in [0.717, 1.165) is 5.56 Å². The van der Waals surface area contributed by atoms with Crippen LogP contribution in [-0.4, -0.2) is 46.6 Å². The number of amides is 2. The van der Waals surface area contributed by atoms with Crippen molar-refractivity contribution >= 4 is 23.5 Å². The van der Waals surface area contributed by atoms with Gasteiger partial charge in [-0.1, -0.05) is 30.3 Å². The van der Waals surface area contributed by atoms with Gasteiger partial charge < -0.3 is 15.4 Å². The summed E-state index contributed by atoms with van der Waals surface area (Å²) in [5, 5.41) is 0. The zero-order valence-electron chi connectivity index (χ0n) is 16.5. The Kier molecular flexibility index (Phi) is 5.53. The number of benzene rings is 1. The molecule has 2 amide bonds. The van der Waals surface area contributed by atoms with Crippen molar-refractivity contribution in [2.45, 2.75) is 38.8 Å². The Labute approximate surface area is 165 Å². The summed E-state index contributed by atoms with van der Waals surface area (Å²) >= 11 is 0. The van der Waals surface area contributed by atoms with E-state index in [2.05, 4.69) is 4.98 Å². The van der Waals surface area contributed by atoms with Crippen molar-refractivity contribution in [3.8, 4) is 0 Å². The van der Waals surface area contributed by atoms with Gasteiger partial charge in [-0.2, -0.15) is 0 Å². The van der Waals surface area contributed by atoms with Gasteiger partial charge in [0.05, 0.1) is 11.9 Å². The van der Waals surface area contributed by atoms with Gasteiger partial charge in [-0.15, -0.1) is 0 Å². The fourth-order valence-corrected chi connectivity index (χ4v) is 3.17. The second-order valence-corrected chi connectivity index (χ2v) is 7.81. The molecule has 1 aliphatic heterocycles. The zero-order chi connectivity index (χ0) is 20.3. The molecule has 0 bridgehead atoms. The molecule has 0 spiro atoms. The highest BCUT2D eigenvalue weighted by Gasteiger charge is 2.39. The predicted molar refractivity (Wildman–Crippen MR) is 108 cm³/mol. The van der Waals surface area contributed by atoms with Gasteiger partial charge in [-0.05, 0) is 38.5 Å². The lowest BCUT2D eigenvalue weighted by Gasteiger charge is -2.41. The Hall–Kier alpha value is -3.09. The molecular weight excluding hydrogens is 356 g/mol. The van der Waals surface area contributed by atoms with E-state index < -0.39 is 17.7 Å². The van der Waals surface area contributed by atoms with Crippen molar-refractivity contribution < 1.29 is 14.3 Å². The van der Waals surface area contributed by atoms with Gasteiger partial charge in [0.2, 0.25) is 5.91 Å². The van der Waals surface area contributed by atoms with Crippen LogP contribution in [0, 0.1) is 0 Å². The van der Waals surface area contributed by atoms with Crippen LogP contribution in [0.15, 0.2) is 48.7 Å². The van der Waals surface area contributed by atoms with Crippen LogP contribution in [0.5, 0.6) is 0 Å². The largest absolute Gasteiger partial charge is 0.444 e. The van der Waals surface area contributed by atoms with E-state index in [1.807, 2.05) is 51.1 Å². The minimum atomic E-state index is -0.649. The average Bonchev–Trinajstić information content (AvgIpc) is 2.63. The molecule has 7 nitrogen and oxygen atoms in total. The first-order valence-electron chi connectivity index (χ1n) is 9.31. The Bertz CT molecular complexity index is 831. The summed E-state index contributed by atoms with van der Waals surface area (Å²) in [6, 6.07) is 12.4. The molecule has 1 saturated heterocycles. The molecule has 3 rings (SSSR count). The van der Waals surface area contributed by atoms with Crippen LogP contribution in [0.3, 0.4) is 0 Å². The van der Waals surface area contributed by atoms with Crippen LogP contribution in [0.2, 0.25) is 0 Å². The van der Waals surface area contributed by atoms with E-state index in [1.165, 1.54) is 4.90 Å². The van der Waals surface area contributed by atoms with Gasteiger partial charge in [0.1, 0.15) is 17.5 Å². The lowest BCUT2D eigenvalue weighted by atomic mass is 10.0. The van der Waals surface area contributed by atoms with E-state index in [-0.39, 0.29) is 5.91 Å². The topological polar surface area (TPSA) is 88.8 Å². The van der Waals surface area contributed by atoms with Crippen LogP contribution < -0.4 is 10.6 Å². The molecule has 0 radical (unpaired) electrons. The first-order chi connectivity index (χ1) is 13.2. The predicted octanol–water partition coefficient (Wildman–Crippen LogP) is 2.86. The summed E-state index contributed by atoms with van der Waals surface area (Å²) in [4.78, 5) is 33.3. The number of nitrogens with two attached hydrogens (primary N) is 1. The number of aromatic nitrogens is 1. The van der Waals surface area contributed by atoms with Crippen molar-refractivity contribution in [2.24, 2.45) is 0 Å². The second-order valence-electron chi connectivity index (χ2n) is 7.81. The maximum absolute atomic E-state index is 13.3. The highest BCUT2D eigenvalue weighted by atomic mass is 16.6. The molecule has 7 heteroatoms. The molecule has 0 saturated carbocycles. The Morgan fingerprint density at radius 3 is 2.50 bits per heavy atom. The molecule has 1 atom stereocenters. The van der Waals surface area contributed by atoms with Crippen molar-refractivity contribution in [1.29, 1.82) is 0 Å². The highest BCUT2D eigenvalue weighted by Crippen LogP contribution is 2.24. The van der Waals surface area contributed by atoms with Crippen LogP contribution in [0.4, 0.5) is 16.3 Å². The summed E-state index contributed by atoms with van der Waals surface area (Å²) in [7, 11) is 0. The molecule has 2 aromatic rings. The van der Waals surface area contributed by atoms with E-state index >= 15 is 0 Å². The van der Waals surface area contributed by atoms with Crippen LogP contribution >= 0.6 is 0 Å². The molecule has 1 aromatic carbocycles. The van der Waals surface area contributed by atoms with Gasteiger partial charge in [0.15, 0.2) is 0 Å². The third kappa shape index (κ3) is 4.60. The average molecular weight is 382 g/mol. The number of ether oxygens (including phenoxy) is 1.